The molecule has 0 aliphatic rings. The monoisotopic (exact) mass is 308 g/mol. The van der Waals surface area contributed by atoms with Gasteiger partial charge in [0.25, 0.3) is 0 Å². The fraction of sp³-hybridized carbons (Fsp3) is 0.308. The van der Waals surface area contributed by atoms with E-state index in [0.29, 0.717) is 16.6 Å². The van der Waals surface area contributed by atoms with Crippen molar-refractivity contribution < 1.29 is 4.74 Å². The topological polar surface area (TPSA) is 112 Å². The summed E-state index contributed by atoms with van der Waals surface area (Å²) in [5.41, 5.74) is 13.4. The van der Waals surface area contributed by atoms with E-state index < -0.39 is 0 Å². The number of nitrogen functional groups attached to an aromatic ring is 2. The molecule has 0 fully saturated rings. The summed E-state index contributed by atoms with van der Waals surface area (Å²) in [6, 6.07) is 1.73. The predicted octanol–water partition coefficient (Wildman–Crippen LogP) is 2.56. The average molecular weight is 309 g/mol. The van der Waals surface area contributed by atoms with Gasteiger partial charge in [-0.15, -0.1) is 0 Å². The zero-order valence-electron chi connectivity index (χ0n) is 12.0. The summed E-state index contributed by atoms with van der Waals surface area (Å²) in [6.07, 6.45) is 1.51. The van der Waals surface area contributed by atoms with Gasteiger partial charge in [-0.05, 0) is 12.0 Å². The fourth-order valence-corrected chi connectivity index (χ4v) is 2.05. The number of pyridine rings is 1. The molecule has 2 aromatic heterocycles. The van der Waals surface area contributed by atoms with Gasteiger partial charge in [-0.2, -0.15) is 4.98 Å². The third kappa shape index (κ3) is 3.25. The summed E-state index contributed by atoms with van der Waals surface area (Å²) >= 11 is 6.13. The Bertz CT molecular complexity index is 661. The highest BCUT2D eigenvalue weighted by atomic mass is 35.5. The molecule has 21 heavy (non-hydrogen) atoms. The lowest BCUT2D eigenvalue weighted by Crippen LogP contribution is -2.07. The summed E-state index contributed by atoms with van der Waals surface area (Å²) in [7, 11) is 1.53. The Kier molecular flexibility index (Phi) is 4.32. The van der Waals surface area contributed by atoms with E-state index in [0.717, 1.165) is 11.4 Å². The van der Waals surface area contributed by atoms with E-state index in [-0.39, 0.29) is 17.7 Å². The first-order valence-corrected chi connectivity index (χ1v) is 6.69. The molecule has 0 unspecified atom stereocenters. The molecule has 0 saturated heterocycles. The summed E-state index contributed by atoms with van der Waals surface area (Å²) in [5.74, 6) is 0.916. The molecule has 0 bridgehead atoms. The van der Waals surface area contributed by atoms with Crippen molar-refractivity contribution in [3.05, 3.63) is 23.0 Å². The standard InChI is InChI=1S/C13H17ClN6O/c1-6(2)10-8(4-7(14)12(19-10)21-3)18-9-5-17-13(16)20-11(9)15/h4-6,18H,1-3H3,(H4,15,16,17,20). The first-order valence-electron chi connectivity index (χ1n) is 6.31. The molecule has 8 heteroatoms. The van der Waals surface area contributed by atoms with Crippen LogP contribution in [0.2, 0.25) is 5.02 Å². The molecule has 112 valence electrons. The van der Waals surface area contributed by atoms with Gasteiger partial charge in [-0.3, -0.25) is 0 Å². The Balaban J connectivity index is 2.45. The van der Waals surface area contributed by atoms with Gasteiger partial charge in [0.2, 0.25) is 11.8 Å². The molecule has 5 N–H and O–H groups in total. The highest BCUT2D eigenvalue weighted by Crippen LogP contribution is 2.34. The molecule has 0 aliphatic heterocycles. The van der Waals surface area contributed by atoms with Crippen LogP contribution in [-0.4, -0.2) is 22.1 Å². The van der Waals surface area contributed by atoms with Crippen LogP contribution in [0.1, 0.15) is 25.5 Å². The second-order valence-electron chi connectivity index (χ2n) is 4.72. The van der Waals surface area contributed by atoms with Crippen LogP contribution >= 0.6 is 11.6 Å². The molecular formula is C13H17ClN6O. The molecule has 0 spiro atoms. The first-order chi connectivity index (χ1) is 9.92. The lowest BCUT2D eigenvalue weighted by Gasteiger charge is -2.16. The second-order valence-corrected chi connectivity index (χ2v) is 5.13. The van der Waals surface area contributed by atoms with E-state index in [1.165, 1.54) is 13.3 Å². The Labute approximate surface area is 127 Å². The molecule has 7 nitrogen and oxygen atoms in total. The quantitative estimate of drug-likeness (QED) is 0.795. The maximum atomic E-state index is 6.13. The van der Waals surface area contributed by atoms with Crippen LogP contribution in [0.15, 0.2) is 12.3 Å². The summed E-state index contributed by atoms with van der Waals surface area (Å²) < 4.78 is 5.14. The van der Waals surface area contributed by atoms with E-state index in [2.05, 4.69) is 20.3 Å². The molecule has 0 atom stereocenters. The number of anilines is 4. The highest BCUT2D eigenvalue weighted by molar-refractivity contribution is 6.32. The maximum absolute atomic E-state index is 6.13. The summed E-state index contributed by atoms with van der Waals surface area (Å²) in [5, 5.41) is 3.54. The molecule has 0 aromatic carbocycles. The van der Waals surface area contributed by atoms with Crippen LogP contribution in [0.25, 0.3) is 0 Å². The average Bonchev–Trinajstić information content (AvgIpc) is 2.41. The molecule has 0 radical (unpaired) electrons. The zero-order valence-corrected chi connectivity index (χ0v) is 12.8. The van der Waals surface area contributed by atoms with Gasteiger partial charge >= 0.3 is 0 Å². The minimum atomic E-state index is 0.119. The van der Waals surface area contributed by atoms with Crippen molar-refractivity contribution in [1.29, 1.82) is 0 Å². The van der Waals surface area contributed by atoms with Crippen LogP contribution in [0.4, 0.5) is 23.1 Å². The SMILES string of the molecule is COc1nc(C(C)C)c(Nc2cnc(N)nc2N)cc1Cl. The van der Waals surface area contributed by atoms with Gasteiger partial charge in [0.05, 0.1) is 24.7 Å². The third-order valence-corrected chi connectivity index (χ3v) is 3.09. The van der Waals surface area contributed by atoms with Crippen LogP contribution in [0.3, 0.4) is 0 Å². The first kappa shape index (κ1) is 15.1. The minimum absolute atomic E-state index is 0.119. The van der Waals surface area contributed by atoms with Crippen LogP contribution in [-0.2, 0) is 0 Å². The van der Waals surface area contributed by atoms with Crippen molar-refractivity contribution in [2.45, 2.75) is 19.8 Å². The number of rotatable bonds is 4. The third-order valence-electron chi connectivity index (χ3n) is 2.82. The fourth-order valence-electron chi connectivity index (χ4n) is 1.82. The van der Waals surface area contributed by atoms with E-state index >= 15 is 0 Å². The van der Waals surface area contributed by atoms with Crippen molar-refractivity contribution in [2.75, 3.05) is 23.9 Å². The predicted molar refractivity (Wildman–Crippen MR) is 84.0 cm³/mol. The maximum Gasteiger partial charge on any atom is 0.232 e. The molecule has 0 amide bonds. The number of hydrogen-bond donors (Lipinski definition) is 3. The molecule has 2 aromatic rings. The number of nitrogens with zero attached hydrogens (tertiary/aromatic N) is 3. The molecule has 2 rings (SSSR count). The highest BCUT2D eigenvalue weighted by Gasteiger charge is 2.15. The molecule has 2 heterocycles. The van der Waals surface area contributed by atoms with Crippen molar-refractivity contribution in [3.63, 3.8) is 0 Å². The van der Waals surface area contributed by atoms with Gasteiger partial charge in [-0.1, -0.05) is 25.4 Å². The van der Waals surface area contributed by atoms with Crippen molar-refractivity contribution >= 4 is 34.7 Å². The molecular weight excluding hydrogens is 292 g/mol. The Morgan fingerprint density at radius 1 is 1.24 bits per heavy atom. The number of aromatic nitrogens is 3. The molecule has 0 saturated carbocycles. The zero-order chi connectivity index (χ0) is 15.6. The number of hydrogen-bond acceptors (Lipinski definition) is 7. The van der Waals surface area contributed by atoms with Crippen molar-refractivity contribution in [2.24, 2.45) is 0 Å². The Morgan fingerprint density at radius 2 is 1.95 bits per heavy atom. The summed E-state index contributed by atoms with van der Waals surface area (Å²) in [6.45, 7) is 4.04. The van der Waals surface area contributed by atoms with Gasteiger partial charge < -0.3 is 21.5 Å². The number of ether oxygens (including phenoxy) is 1. The van der Waals surface area contributed by atoms with Crippen molar-refractivity contribution in [3.8, 4) is 5.88 Å². The van der Waals surface area contributed by atoms with E-state index in [1.54, 1.807) is 6.07 Å². The smallest absolute Gasteiger partial charge is 0.232 e. The number of methoxy groups -OCH3 is 1. The largest absolute Gasteiger partial charge is 0.480 e. The van der Waals surface area contributed by atoms with E-state index in [4.69, 9.17) is 27.8 Å². The summed E-state index contributed by atoms with van der Waals surface area (Å²) in [4.78, 5) is 12.2. The number of nitrogens with one attached hydrogen (secondary N) is 1. The molecule has 0 aliphatic carbocycles. The van der Waals surface area contributed by atoms with Crippen LogP contribution < -0.4 is 21.5 Å². The second kappa shape index (κ2) is 6.01. The van der Waals surface area contributed by atoms with Gasteiger partial charge in [-0.25, -0.2) is 9.97 Å². The van der Waals surface area contributed by atoms with Gasteiger partial charge in [0, 0.05) is 0 Å². The van der Waals surface area contributed by atoms with Crippen molar-refractivity contribution in [1.82, 2.24) is 15.0 Å². The number of nitrogens with two attached hydrogens (primary N) is 2. The minimum Gasteiger partial charge on any atom is -0.480 e. The lowest BCUT2D eigenvalue weighted by molar-refractivity contribution is 0.396. The van der Waals surface area contributed by atoms with Crippen LogP contribution in [0, 0.1) is 0 Å². The van der Waals surface area contributed by atoms with E-state index in [9.17, 15) is 0 Å². The number of halogens is 1. The lowest BCUT2D eigenvalue weighted by atomic mass is 10.1. The van der Waals surface area contributed by atoms with Gasteiger partial charge in [0.1, 0.15) is 10.7 Å². The van der Waals surface area contributed by atoms with E-state index in [1.807, 2.05) is 13.8 Å². The Morgan fingerprint density at radius 3 is 2.52 bits per heavy atom. The normalized spacial score (nSPS) is 10.7. The Hall–Kier alpha value is -2.28. The van der Waals surface area contributed by atoms with Gasteiger partial charge in [0.15, 0.2) is 5.82 Å². The van der Waals surface area contributed by atoms with Crippen LogP contribution in [0.5, 0.6) is 5.88 Å².